The number of nitrogens with zero attached hydrogens (tertiary/aromatic N) is 1. The Morgan fingerprint density at radius 2 is 1.53 bits per heavy atom. The maximum Gasteiger partial charge on any atom is 0.255 e. The minimum Gasteiger partial charge on any atom is -0.354 e. The summed E-state index contributed by atoms with van der Waals surface area (Å²) in [6, 6.07) is 25.1. The zero-order chi connectivity index (χ0) is 20.9. The van der Waals surface area contributed by atoms with Gasteiger partial charge in [0.15, 0.2) is 0 Å². The molecule has 0 aromatic heterocycles. The summed E-state index contributed by atoms with van der Waals surface area (Å²) in [6.45, 7) is 3.06. The van der Waals surface area contributed by atoms with Crippen LogP contribution in [-0.2, 0) is 24.2 Å². The van der Waals surface area contributed by atoms with Crippen molar-refractivity contribution in [1.29, 1.82) is 0 Å². The second-order valence-electron chi connectivity index (χ2n) is 7.62. The highest BCUT2D eigenvalue weighted by Crippen LogP contribution is 2.35. The van der Waals surface area contributed by atoms with Gasteiger partial charge >= 0.3 is 0 Å². The van der Waals surface area contributed by atoms with E-state index >= 15 is 0 Å². The molecule has 0 radical (unpaired) electrons. The average molecular weight is 399 g/mol. The monoisotopic (exact) mass is 398 g/mol. The van der Waals surface area contributed by atoms with Crippen molar-refractivity contribution in [2.24, 2.45) is 0 Å². The van der Waals surface area contributed by atoms with Crippen molar-refractivity contribution in [1.82, 2.24) is 10.2 Å². The van der Waals surface area contributed by atoms with E-state index in [1.54, 1.807) is 4.90 Å². The summed E-state index contributed by atoms with van der Waals surface area (Å²) in [5.74, 6) is -0.220. The first-order valence-corrected chi connectivity index (χ1v) is 10.5. The third-order valence-corrected chi connectivity index (χ3v) is 5.65. The van der Waals surface area contributed by atoms with Crippen LogP contribution in [0, 0.1) is 0 Å². The van der Waals surface area contributed by atoms with Gasteiger partial charge in [-0.25, -0.2) is 0 Å². The Morgan fingerprint density at radius 3 is 2.27 bits per heavy atom. The molecule has 1 N–H and O–H groups in total. The summed E-state index contributed by atoms with van der Waals surface area (Å²) in [5.41, 5.74) is 4.85. The predicted molar refractivity (Wildman–Crippen MR) is 118 cm³/mol. The normalized spacial score (nSPS) is 15.2. The number of benzene rings is 3. The van der Waals surface area contributed by atoms with Gasteiger partial charge in [0.1, 0.15) is 6.04 Å². The summed E-state index contributed by atoms with van der Waals surface area (Å²) in [4.78, 5) is 27.9. The molecule has 30 heavy (non-hydrogen) atoms. The third kappa shape index (κ3) is 4.13. The number of carbonyl (C=O) groups is 2. The van der Waals surface area contributed by atoms with Crippen LogP contribution in [0.4, 0.5) is 0 Å². The van der Waals surface area contributed by atoms with Crippen LogP contribution in [0.25, 0.3) is 0 Å². The van der Waals surface area contributed by atoms with Gasteiger partial charge in [-0.1, -0.05) is 79.7 Å². The summed E-state index contributed by atoms with van der Waals surface area (Å²) in [6.07, 6.45) is 1.73. The van der Waals surface area contributed by atoms with Crippen LogP contribution in [0.15, 0.2) is 78.9 Å². The number of amides is 2. The highest BCUT2D eigenvalue weighted by molar-refractivity contribution is 6.04. The van der Waals surface area contributed by atoms with E-state index in [2.05, 4.69) is 24.4 Å². The minimum absolute atomic E-state index is 0.0895. The van der Waals surface area contributed by atoms with Gasteiger partial charge in [-0.3, -0.25) is 9.59 Å². The molecule has 2 amide bonds. The highest BCUT2D eigenvalue weighted by Gasteiger charge is 2.40. The Bertz CT molecular complexity index is 1030. The first kappa shape index (κ1) is 19.9. The molecule has 3 aromatic rings. The fourth-order valence-electron chi connectivity index (χ4n) is 3.96. The Kier molecular flexibility index (Phi) is 5.94. The van der Waals surface area contributed by atoms with Crippen LogP contribution in [0.3, 0.4) is 0 Å². The quantitative estimate of drug-likeness (QED) is 0.645. The lowest BCUT2D eigenvalue weighted by Gasteiger charge is -2.25. The summed E-state index contributed by atoms with van der Waals surface area (Å²) >= 11 is 0. The lowest BCUT2D eigenvalue weighted by Crippen LogP contribution is -2.39. The summed E-state index contributed by atoms with van der Waals surface area (Å²) in [7, 11) is 0. The van der Waals surface area contributed by atoms with Gasteiger partial charge in [-0.05, 0) is 41.2 Å². The average Bonchev–Trinajstić information content (AvgIpc) is 3.07. The van der Waals surface area contributed by atoms with Crippen LogP contribution >= 0.6 is 0 Å². The summed E-state index contributed by atoms with van der Waals surface area (Å²) < 4.78 is 0. The smallest absolute Gasteiger partial charge is 0.255 e. The topological polar surface area (TPSA) is 49.4 Å². The van der Waals surface area contributed by atoms with Crippen molar-refractivity contribution in [3.63, 3.8) is 0 Å². The second-order valence-corrected chi connectivity index (χ2v) is 7.62. The zero-order valence-corrected chi connectivity index (χ0v) is 17.2. The number of hydrogen-bond acceptors (Lipinski definition) is 2. The number of fused-ring (bicyclic) bond motifs is 1. The minimum atomic E-state index is -0.602. The molecule has 0 saturated heterocycles. The van der Waals surface area contributed by atoms with E-state index in [1.165, 1.54) is 11.1 Å². The number of aryl methyl sites for hydroxylation is 1. The molecule has 0 unspecified atom stereocenters. The summed E-state index contributed by atoms with van der Waals surface area (Å²) in [5, 5.41) is 3.04. The first-order chi connectivity index (χ1) is 14.7. The standard InChI is InChI=1S/C26H26N2O2/c1-2-19-12-14-21(15-13-19)18-28-24(22-10-6-7-11-23(22)26(28)30)25(29)27-17-16-20-8-4-3-5-9-20/h3-15,24H,2,16-18H2,1H3,(H,27,29)/t24-/m1/s1. The molecule has 1 aliphatic heterocycles. The second kappa shape index (κ2) is 8.95. The van der Waals surface area contributed by atoms with Gasteiger partial charge in [0.05, 0.1) is 0 Å². The molecule has 1 heterocycles. The first-order valence-electron chi connectivity index (χ1n) is 10.5. The van der Waals surface area contributed by atoms with Gasteiger partial charge in [0, 0.05) is 18.7 Å². The van der Waals surface area contributed by atoms with Gasteiger partial charge in [0.25, 0.3) is 5.91 Å². The number of hydrogen-bond donors (Lipinski definition) is 1. The molecule has 1 atom stereocenters. The van der Waals surface area contributed by atoms with E-state index in [4.69, 9.17) is 0 Å². The maximum absolute atomic E-state index is 13.1. The van der Waals surface area contributed by atoms with Crippen molar-refractivity contribution in [3.05, 3.63) is 107 Å². The predicted octanol–water partition coefficient (Wildman–Crippen LogP) is 4.31. The van der Waals surface area contributed by atoms with Crippen molar-refractivity contribution in [2.45, 2.75) is 32.4 Å². The Hall–Kier alpha value is -3.40. The van der Waals surface area contributed by atoms with E-state index in [0.29, 0.717) is 18.7 Å². The van der Waals surface area contributed by atoms with Crippen molar-refractivity contribution >= 4 is 11.8 Å². The Labute approximate surface area is 177 Å². The van der Waals surface area contributed by atoms with E-state index < -0.39 is 6.04 Å². The van der Waals surface area contributed by atoms with Gasteiger partial charge in [-0.15, -0.1) is 0 Å². The molecule has 0 spiro atoms. The fraction of sp³-hybridized carbons (Fsp3) is 0.231. The number of nitrogens with one attached hydrogen (secondary N) is 1. The molecule has 4 nitrogen and oxygen atoms in total. The van der Waals surface area contributed by atoms with Crippen LogP contribution < -0.4 is 5.32 Å². The van der Waals surface area contributed by atoms with Crippen LogP contribution in [-0.4, -0.2) is 23.3 Å². The number of carbonyl (C=O) groups excluding carboxylic acids is 2. The zero-order valence-electron chi connectivity index (χ0n) is 17.2. The molecule has 0 saturated carbocycles. The number of rotatable bonds is 7. The molecular formula is C26H26N2O2. The molecule has 4 heteroatoms. The molecule has 0 bridgehead atoms. The molecule has 1 aliphatic rings. The largest absolute Gasteiger partial charge is 0.354 e. The van der Waals surface area contributed by atoms with Crippen LogP contribution in [0.5, 0.6) is 0 Å². The van der Waals surface area contributed by atoms with E-state index in [1.807, 2.05) is 66.7 Å². The molecule has 0 aliphatic carbocycles. The van der Waals surface area contributed by atoms with Gasteiger partial charge < -0.3 is 10.2 Å². The highest BCUT2D eigenvalue weighted by atomic mass is 16.2. The van der Waals surface area contributed by atoms with Gasteiger partial charge in [0.2, 0.25) is 5.91 Å². The molecule has 152 valence electrons. The van der Waals surface area contributed by atoms with Crippen LogP contribution in [0.1, 0.15) is 45.6 Å². The van der Waals surface area contributed by atoms with E-state index in [9.17, 15) is 9.59 Å². The third-order valence-electron chi connectivity index (χ3n) is 5.65. The molecular weight excluding hydrogens is 372 g/mol. The van der Waals surface area contributed by atoms with E-state index in [-0.39, 0.29) is 11.8 Å². The van der Waals surface area contributed by atoms with E-state index in [0.717, 1.165) is 24.0 Å². The lowest BCUT2D eigenvalue weighted by molar-refractivity contribution is -0.125. The molecule has 4 rings (SSSR count). The fourth-order valence-corrected chi connectivity index (χ4v) is 3.96. The van der Waals surface area contributed by atoms with Crippen LogP contribution in [0.2, 0.25) is 0 Å². The van der Waals surface area contributed by atoms with Crippen molar-refractivity contribution in [2.75, 3.05) is 6.54 Å². The maximum atomic E-state index is 13.1. The SMILES string of the molecule is CCc1ccc(CN2C(=O)c3ccccc3[C@@H]2C(=O)NCCc2ccccc2)cc1. The van der Waals surface area contributed by atoms with Crippen molar-refractivity contribution in [3.8, 4) is 0 Å². The Morgan fingerprint density at radius 1 is 0.867 bits per heavy atom. The lowest BCUT2D eigenvalue weighted by atomic mass is 10.0. The van der Waals surface area contributed by atoms with Gasteiger partial charge in [-0.2, -0.15) is 0 Å². The molecule has 0 fully saturated rings. The van der Waals surface area contributed by atoms with Crippen molar-refractivity contribution < 1.29 is 9.59 Å². The molecule has 3 aromatic carbocycles. The Balaban J connectivity index is 1.52.